The molecule has 0 radical (unpaired) electrons. The smallest absolute Gasteiger partial charge is 0.301 e. The number of amides is 2. The van der Waals surface area contributed by atoms with Crippen LogP contribution in [0.25, 0.3) is 5.57 Å². The lowest BCUT2D eigenvalue weighted by molar-refractivity contribution is -0.121. The second kappa shape index (κ2) is 6.20. The number of nitrogens with zero attached hydrogens (tertiary/aromatic N) is 1. The number of hydrogen-bond acceptors (Lipinski definition) is 4. The zero-order valence-corrected chi connectivity index (χ0v) is 13.4. The molecule has 0 atom stereocenters. The molecule has 1 aliphatic rings. The van der Waals surface area contributed by atoms with Crippen LogP contribution in [0.5, 0.6) is 5.75 Å². The highest BCUT2D eigenvalue weighted by Crippen LogP contribution is 2.32. The largest absolute Gasteiger partial charge is 0.502 e. The Labute approximate surface area is 139 Å². The number of anilines is 1. The van der Waals surface area contributed by atoms with Gasteiger partial charge in [-0.1, -0.05) is 30.3 Å². The number of aliphatic hydroxyl groups is 1. The van der Waals surface area contributed by atoms with Crippen LogP contribution in [0, 0.1) is 0 Å². The van der Waals surface area contributed by atoms with E-state index in [-0.39, 0.29) is 11.7 Å². The quantitative estimate of drug-likeness (QED) is 0.877. The molecule has 1 aliphatic heterocycles. The molecule has 0 saturated carbocycles. The Balaban J connectivity index is 1.92. The normalized spacial score (nSPS) is 14.7. The van der Waals surface area contributed by atoms with Gasteiger partial charge in [0.2, 0.25) is 0 Å². The third-order valence-corrected chi connectivity index (χ3v) is 3.59. The molecule has 0 fully saturated rings. The summed E-state index contributed by atoms with van der Waals surface area (Å²) in [6, 6.07) is 15.3. The van der Waals surface area contributed by atoms with E-state index in [1.54, 1.807) is 54.6 Å². The van der Waals surface area contributed by atoms with Gasteiger partial charge in [0.1, 0.15) is 5.75 Å². The lowest BCUT2D eigenvalue weighted by Crippen LogP contribution is -2.31. The van der Waals surface area contributed by atoms with E-state index in [4.69, 9.17) is 4.74 Å². The van der Waals surface area contributed by atoms with Gasteiger partial charge in [-0.25, -0.2) is 4.90 Å². The first-order valence-corrected chi connectivity index (χ1v) is 7.63. The summed E-state index contributed by atoms with van der Waals surface area (Å²) in [4.78, 5) is 25.9. The van der Waals surface area contributed by atoms with Crippen LogP contribution in [0.3, 0.4) is 0 Å². The van der Waals surface area contributed by atoms with Crippen molar-refractivity contribution in [3.63, 3.8) is 0 Å². The van der Waals surface area contributed by atoms with Crippen LogP contribution in [-0.4, -0.2) is 23.0 Å². The van der Waals surface area contributed by atoms with Crippen molar-refractivity contribution in [2.75, 3.05) is 4.90 Å². The molecule has 0 bridgehead atoms. The van der Waals surface area contributed by atoms with Crippen LogP contribution < -0.4 is 9.64 Å². The van der Waals surface area contributed by atoms with Crippen LogP contribution in [0.15, 0.2) is 60.4 Å². The van der Waals surface area contributed by atoms with Gasteiger partial charge in [-0.2, -0.15) is 0 Å². The number of hydrogen-bond donors (Lipinski definition) is 1. The summed E-state index contributed by atoms with van der Waals surface area (Å²) in [6.45, 7) is 3.82. The molecule has 24 heavy (non-hydrogen) atoms. The molecule has 0 aliphatic carbocycles. The molecular weight excluding hydrogens is 306 g/mol. The second-order valence-electron chi connectivity index (χ2n) is 5.70. The third-order valence-electron chi connectivity index (χ3n) is 3.59. The first-order chi connectivity index (χ1) is 11.5. The second-order valence-corrected chi connectivity index (χ2v) is 5.70. The van der Waals surface area contributed by atoms with Gasteiger partial charge in [-0.15, -0.1) is 0 Å². The van der Waals surface area contributed by atoms with Crippen LogP contribution in [-0.2, 0) is 9.59 Å². The summed E-state index contributed by atoms with van der Waals surface area (Å²) in [5.41, 5.74) is 0.914. The van der Waals surface area contributed by atoms with E-state index in [1.807, 2.05) is 13.8 Å². The molecule has 1 heterocycles. The van der Waals surface area contributed by atoms with Crippen molar-refractivity contribution in [2.24, 2.45) is 0 Å². The Bertz CT molecular complexity index is 807. The number of benzene rings is 2. The van der Waals surface area contributed by atoms with Crippen molar-refractivity contribution in [3.05, 3.63) is 65.9 Å². The minimum absolute atomic E-state index is 0.0168. The topological polar surface area (TPSA) is 66.8 Å². The molecular formula is C19H17NO4. The number of carbonyl (C=O) groups is 2. The fourth-order valence-electron chi connectivity index (χ4n) is 2.56. The Morgan fingerprint density at radius 1 is 0.917 bits per heavy atom. The Hall–Kier alpha value is -3.08. The first kappa shape index (κ1) is 15.8. The number of rotatable bonds is 4. The molecule has 1 N–H and O–H groups in total. The van der Waals surface area contributed by atoms with Crippen molar-refractivity contribution < 1.29 is 19.4 Å². The van der Waals surface area contributed by atoms with Gasteiger partial charge in [-0.3, -0.25) is 9.59 Å². The van der Waals surface area contributed by atoms with Crippen molar-refractivity contribution in [1.82, 2.24) is 0 Å². The molecule has 0 spiro atoms. The Morgan fingerprint density at radius 2 is 1.54 bits per heavy atom. The maximum absolute atomic E-state index is 12.6. The summed E-state index contributed by atoms with van der Waals surface area (Å²) >= 11 is 0. The summed E-state index contributed by atoms with van der Waals surface area (Å²) in [5, 5.41) is 10.1. The zero-order chi connectivity index (χ0) is 17.3. The predicted octanol–water partition coefficient (Wildman–Crippen LogP) is 3.32. The molecule has 5 nitrogen and oxygen atoms in total. The van der Waals surface area contributed by atoms with Gasteiger partial charge in [0.15, 0.2) is 5.76 Å². The van der Waals surface area contributed by atoms with Gasteiger partial charge in [-0.05, 0) is 43.7 Å². The van der Waals surface area contributed by atoms with E-state index in [2.05, 4.69) is 0 Å². The molecule has 0 unspecified atom stereocenters. The average molecular weight is 323 g/mol. The predicted molar refractivity (Wildman–Crippen MR) is 90.7 cm³/mol. The lowest BCUT2D eigenvalue weighted by Gasteiger charge is -2.16. The van der Waals surface area contributed by atoms with E-state index >= 15 is 0 Å². The summed E-state index contributed by atoms with van der Waals surface area (Å²) in [7, 11) is 0. The van der Waals surface area contributed by atoms with E-state index in [9.17, 15) is 14.7 Å². The lowest BCUT2D eigenvalue weighted by atomic mass is 10.1. The SMILES string of the molecule is CC(C)Oc1ccc(N2C(=O)C(O)=C(c3ccccc3)C2=O)cc1. The van der Waals surface area contributed by atoms with Crippen molar-refractivity contribution in [3.8, 4) is 5.75 Å². The Kier molecular flexibility index (Phi) is 4.08. The van der Waals surface area contributed by atoms with Gasteiger partial charge < -0.3 is 9.84 Å². The van der Waals surface area contributed by atoms with Crippen LogP contribution in [0.2, 0.25) is 0 Å². The van der Waals surface area contributed by atoms with E-state index < -0.39 is 17.6 Å². The minimum atomic E-state index is -0.726. The van der Waals surface area contributed by atoms with Gasteiger partial charge in [0.05, 0.1) is 17.4 Å². The molecule has 122 valence electrons. The molecule has 2 aromatic rings. The molecule has 0 aromatic heterocycles. The molecule has 5 heteroatoms. The fourth-order valence-corrected chi connectivity index (χ4v) is 2.56. The van der Waals surface area contributed by atoms with E-state index in [0.717, 1.165) is 4.90 Å². The number of ether oxygens (including phenoxy) is 1. The van der Waals surface area contributed by atoms with Crippen molar-refractivity contribution in [1.29, 1.82) is 0 Å². The van der Waals surface area contributed by atoms with E-state index in [1.165, 1.54) is 0 Å². The highest BCUT2D eigenvalue weighted by atomic mass is 16.5. The van der Waals surface area contributed by atoms with Crippen LogP contribution >= 0.6 is 0 Å². The summed E-state index contributed by atoms with van der Waals surface area (Å²) in [6.07, 6.45) is 0.0290. The van der Waals surface area contributed by atoms with Crippen molar-refractivity contribution in [2.45, 2.75) is 20.0 Å². The first-order valence-electron chi connectivity index (χ1n) is 7.63. The summed E-state index contributed by atoms with van der Waals surface area (Å²) in [5.74, 6) is -1.15. The molecule has 2 amide bonds. The Morgan fingerprint density at radius 3 is 2.12 bits per heavy atom. The standard InChI is InChI=1S/C19H17NO4/c1-12(2)24-15-10-8-14(9-11-15)20-18(22)16(17(21)19(20)23)13-6-4-3-5-7-13/h3-12,21H,1-2H3. The highest BCUT2D eigenvalue weighted by Gasteiger charge is 2.40. The molecule has 3 rings (SSSR count). The minimum Gasteiger partial charge on any atom is -0.502 e. The zero-order valence-electron chi connectivity index (χ0n) is 13.4. The monoisotopic (exact) mass is 323 g/mol. The number of imide groups is 1. The van der Waals surface area contributed by atoms with Crippen LogP contribution in [0.1, 0.15) is 19.4 Å². The van der Waals surface area contributed by atoms with E-state index in [0.29, 0.717) is 17.0 Å². The highest BCUT2D eigenvalue weighted by molar-refractivity contribution is 6.44. The summed E-state index contributed by atoms with van der Waals surface area (Å²) < 4.78 is 5.55. The maximum atomic E-state index is 12.6. The fraction of sp³-hybridized carbons (Fsp3) is 0.158. The maximum Gasteiger partial charge on any atom is 0.301 e. The van der Waals surface area contributed by atoms with Gasteiger partial charge in [0.25, 0.3) is 5.91 Å². The van der Waals surface area contributed by atoms with Crippen LogP contribution in [0.4, 0.5) is 5.69 Å². The average Bonchev–Trinajstić information content (AvgIpc) is 2.78. The number of aliphatic hydroxyl groups excluding tert-OH is 1. The van der Waals surface area contributed by atoms with Crippen molar-refractivity contribution >= 4 is 23.1 Å². The molecule has 0 saturated heterocycles. The van der Waals surface area contributed by atoms with Gasteiger partial charge in [0, 0.05) is 0 Å². The molecule has 2 aromatic carbocycles. The van der Waals surface area contributed by atoms with Gasteiger partial charge >= 0.3 is 5.91 Å². The number of carbonyl (C=O) groups excluding carboxylic acids is 2. The third kappa shape index (κ3) is 2.76.